The van der Waals surface area contributed by atoms with Crippen molar-refractivity contribution in [3.05, 3.63) is 34.3 Å². The van der Waals surface area contributed by atoms with Crippen LogP contribution < -0.4 is 10.5 Å². The normalized spacial score (nSPS) is 11.3. The molecule has 0 atom stereocenters. The summed E-state index contributed by atoms with van der Waals surface area (Å²) in [5, 5.41) is 1.62. The molecule has 1 aromatic heterocycles. The Kier molecular flexibility index (Phi) is 3.98. The number of benzene rings is 1. The summed E-state index contributed by atoms with van der Waals surface area (Å²) < 4.78 is 26.6. The third-order valence-electron chi connectivity index (χ3n) is 2.33. The molecule has 0 aliphatic carbocycles. The van der Waals surface area contributed by atoms with Gasteiger partial charge >= 0.3 is 0 Å². The van der Waals surface area contributed by atoms with Crippen molar-refractivity contribution in [2.24, 2.45) is 0 Å². The number of sulfonamides is 1. The van der Waals surface area contributed by atoms with Crippen molar-refractivity contribution >= 4 is 49.6 Å². The standard InChI is InChI=1S/C11H10ClN3O3S2/c1-6(16)9-5-19-11(14-9)15-20(17,18)10-4-7(13)2-3-8(10)12/h2-5H,13H2,1H3,(H,14,15). The number of carbonyl (C=O) groups is 1. The highest BCUT2D eigenvalue weighted by atomic mass is 35.5. The summed E-state index contributed by atoms with van der Waals surface area (Å²) in [6.45, 7) is 1.35. The Morgan fingerprint density at radius 3 is 2.75 bits per heavy atom. The molecule has 1 aromatic carbocycles. The van der Waals surface area contributed by atoms with Crippen LogP contribution in [0.25, 0.3) is 0 Å². The number of nitrogens with zero attached hydrogens (tertiary/aromatic N) is 1. The average molecular weight is 332 g/mol. The zero-order valence-electron chi connectivity index (χ0n) is 10.3. The van der Waals surface area contributed by atoms with Gasteiger partial charge in [0.05, 0.1) is 5.02 Å². The lowest BCUT2D eigenvalue weighted by Crippen LogP contribution is -2.14. The first kappa shape index (κ1) is 14.8. The van der Waals surface area contributed by atoms with Gasteiger partial charge in [-0.3, -0.25) is 9.52 Å². The Bertz CT molecular complexity index is 771. The SMILES string of the molecule is CC(=O)c1csc(NS(=O)(=O)c2cc(N)ccc2Cl)n1. The van der Waals surface area contributed by atoms with Crippen molar-refractivity contribution in [3.8, 4) is 0 Å². The molecular formula is C11H10ClN3O3S2. The smallest absolute Gasteiger partial charge is 0.265 e. The molecule has 0 bridgehead atoms. The number of Topliss-reactive ketones (excluding diaryl/α,β-unsaturated/α-hetero) is 1. The Hall–Kier alpha value is -1.64. The van der Waals surface area contributed by atoms with E-state index in [-0.39, 0.29) is 32.2 Å². The van der Waals surface area contributed by atoms with Gasteiger partial charge in [0, 0.05) is 18.0 Å². The van der Waals surface area contributed by atoms with E-state index in [0.717, 1.165) is 11.3 Å². The molecule has 0 saturated carbocycles. The van der Waals surface area contributed by atoms with Crippen LogP contribution in [0.3, 0.4) is 0 Å². The number of ketones is 1. The molecule has 20 heavy (non-hydrogen) atoms. The maximum absolute atomic E-state index is 12.2. The molecule has 0 aliphatic heterocycles. The van der Waals surface area contributed by atoms with E-state index < -0.39 is 10.0 Å². The Labute approximate surface area is 124 Å². The van der Waals surface area contributed by atoms with Crippen LogP contribution in [0, 0.1) is 0 Å². The summed E-state index contributed by atoms with van der Waals surface area (Å²) in [5.74, 6) is -0.242. The van der Waals surface area contributed by atoms with Crippen LogP contribution in [0.1, 0.15) is 17.4 Å². The molecule has 0 spiro atoms. The minimum Gasteiger partial charge on any atom is -0.399 e. The topological polar surface area (TPSA) is 102 Å². The Morgan fingerprint density at radius 2 is 2.15 bits per heavy atom. The molecule has 2 aromatic rings. The Morgan fingerprint density at radius 1 is 1.45 bits per heavy atom. The van der Waals surface area contributed by atoms with Crippen molar-refractivity contribution < 1.29 is 13.2 Å². The highest BCUT2D eigenvalue weighted by Crippen LogP contribution is 2.27. The average Bonchev–Trinajstić information content (AvgIpc) is 2.80. The van der Waals surface area contributed by atoms with E-state index in [0.29, 0.717) is 0 Å². The number of nitrogen functional groups attached to an aromatic ring is 1. The largest absolute Gasteiger partial charge is 0.399 e. The molecule has 0 fully saturated rings. The molecule has 3 N–H and O–H groups in total. The van der Waals surface area contributed by atoms with Gasteiger partial charge in [0.2, 0.25) is 0 Å². The minimum absolute atomic E-state index is 0.0510. The van der Waals surface area contributed by atoms with Gasteiger partial charge in [-0.05, 0) is 18.2 Å². The first-order chi connectivity index (χ1) is 9.29. The molecule has 0 unspecified atom stereocenters. The van der Waals surface area contributed by atoms with Gasteiger partial charge in [-0.15, -0.1) is 11.3 Å². The predicted molar refractivity (Wildman–Crippen MR) is 78.8 cm³/mol. The van der Waals surface area contributed by atoms with Crippen LogP contribution in [0.5, 0.6) is 0 Å². The van der Waals surface area contributed by atoms with Crippen LogP contribution in [-0.4, -0.2) is 19.2 Å². The summed E-state index contributed by atoms with van der Waals surface area (Å²) in [6, 6.07) is 4.15. The molecule has 106 valence electrons. The van der Waals surface area contributed by atoms with E-state index >= 15 is 0 Å². The van der Waals surface area contributed by atoms with E-state index in [4.69, 9.17) is 17.3 Å². The van der Waals surface area contributed by atoms with Gasteiger partial charge in [0.15, 0.2) is 10.9 Å². The van der Waals surface area contributed by atoms with Crippen LogP contribution in [0.4, 0.5) is 10.8 Å². The van der Waals surface area contributed by atoms with Crippen molar-refractivity contribution in [2.75, 3.05) is 10.5 Å². The van der Waals surface area contributed by atoms with Crippen molar-refractivity contribution in [3.63, 3.8) is 0 Å². The van der Waals surface area contributed by atoms with E-state index in [1.54, 1.807) is 0 Å². The maximum atomic E-state index is 12.2. The van der Waals surface area contributed by atoms with Crippen LogP contribution in [0.15, 0.2) is 28.5 Å². The van der Waals surface area contributed by atoms with Gasteiger partial charge in [-0.2, -0.15) is 0 Å². The summed E-state index contributed by atoms with van der Waals surface area (Å²) in [7, 11) is -3.90. The van der Waals surface area contributed by atoms with E-state index in [1.165, 1.54) is 30.5 Å². The number of rotatable bonds is 4. The second kappa shape index (κ2) is 5.39. The number of thiazole rings is 1. The first-order valence-corrected chi connectivity index (χ1v) is 8.08. The molecule has 0 saturated heterocycles. The molecule has 6 nitrogen and oxygen atoms in total. The van der Waals surface area contributed by atoms with E-state index in [2.05, 4.69) is 9.71 Å². The number of hydrogen-bond donors (Lipinski definition) is 2. The molecular weight excluding hydrogens is 322 g/mol. The summed E-state index contributed by atoms with van der Waals surface area (Å²) in [4.78, 5) is 14.9. The second-order valence-electron chi connectivity index (χ2n) is 3.89. The lowest BCUT2D eigenvalue weighted by atomic mass is 10.3. The molecule has 0 radical (unpaired) electrons. The fourth-order valence-electron chi connectivity index (χ4n) is 1.38. The number of nitrogens with one attached hydrogen (secondary N) is 1. The molecule has 9 heteroatoms. The number of halogens is 1. The number of carbonyl (C=O) groups excluding carboxylic acids is 1. The lowest BCUT2D eigenvalue weighted by molar-refractivity contribution is 0.101. The highest BCUT2D eigenvalue weighted by Gasteiger charge is 2.20. The summed E-state index contributed by atoms with van der Waals surface area (Å²) >= 11 is 6.87. The van der Waals surface area contributed by atoms with Crippen molar-refractivity contribution in [1.82, 2.24) is 4.98 Å². The Balaban J connectivity index is 2.35. The van der Waals surface area contributed by atoms with Crippen molar-refractivity contribution in [1.29, 1.82) is 0 Å². The van der Waals surface area contributed by atoms with E-state index in [9.17, 15) is 13.2 Å². The van der Waals surface area contributed by atoms with E-state index in [1.807, 2.05) is 0 Å². The van der Waals surface area contributed by atoms with Crippen LogP contribution >= 0.6 is 22.9 Å². The van der Waals surface area contributed by atoms with Gasteiger partial charge < -0.3 is 5.73 Å². The third kappa shape index (κ3) is 3.09. The monoisotopic (exact) mass is 331 g/mol. The molecule has 2 rings (SSSR count). The lowest BCUT2D eigenvalue weighted by Gasteiger charge is -2.07. The maximum Gasteiger partial charge on any atom is 0.265 e. The van der Waals surface area contributed by atoms with Crippen molar-refractivity contribution in [2.45, 2.75) is 11.8 Å². The van der Waals surface area contributed by atoms with Crippen LogP contribution in [-0.2, 0) is 10.0 Å². The zero-order chi connectivity index (χ0) is 14.9. The third-order valence-corrected chi connectivity index (χ3v) is 5.04. The molecule has 0 aliphatic rings. The molecule has 1 heterocycles. The number of hydrogen-bond acceptors (Lipinski definition) is 6. The first-order valence-electron chi connectivity index (χ1n) is 5.34. The quantitative estimate of drug-likeness (QED) is 0.661. The molecule has 0 amide bonds. The number of aromatic nitrogens is 1. The number of nitrogens with two attached hydrogens (primary N) is 1. The van der Waals surface area contributed by atoms with Crippen LogP contribution in [0.2, 0.25) is 5.02 Å². The second-order valence-corrected chi connectivity index (χ2v) is 6.81. The van der Waals surface area contributed by atoms with Gasteiger partial charge in [0.1, 0.15) is 10.6 Å². The fourth-order valence-corrected chi connectivity index (χ4v) is 3.92. The van der Waals surface area contributed by atoms with Gasteiger partial charge in [0.25, 0.3) is 10.0 Å². The zero-order valence-corrected chi connectivity index (χ0v) is 12.6. The minimum atomic E-state index is -3.90. The summed E-state index contributed by atoms with van der Waals surface area (Å²) in [6.07, 6.45) is 0. The predicted octanol–water partition coefficient (Wildman–Crippen LogP) is 2.38. The summed E-state index contributed by atoms with van der Waals surface area (Å²) in [5.41, 5.74) is 6.03. The highest BCUT2D eigenvalue weighted by molar-refractivity contribution is 7.93. The fraction of sp³-hybridized carbons (Fsp3) is 0.0909. The van der Waals surface area contributed by atoms with Gasteiger partial charge in [-0.25, -0.2) is 13.4 Å². The number of anilines is 2. The van der Waals surface area contributed by atoms with Gasteiger partial charge in [-0.1, -0.05) is 11.6 Å².